The van der Waals surface area contributed by atoms with Crippen LogP contribution in [-0.4, -0.2) is 42.5 Å². The largest absolute Gasteiger partial charge is 0.483 e. The maximum absolute atomic E-state index is 13.2. The zero-order valence-electron chi connectivity index (χ0n) is 20.4. The lowest BCUT2D eigenvalue weighted by molar-refractivity contribution is -0.141. The summed E-state index contributed by atoms with van der Waals surface area (Å²) in [6, 6.07) is 17.2. The highest BCUT2D eigenvalue weighted by Crippen LogP contribution is 2.30. The summed E-state index contributed by atoms with van der Waals surface area (Å²) >= 11 is 0. The lowest BCUT2D eigenvalue weighted by Gasteiger charge is -2.29. The van der Waals surface area contributed by atoms with E-state index in [0.717, 1.165) is 11.1 Å². The maximum atomic E-state index is 13.2. The number of nitrogens with zero attached hydrogens (tertiary/aromatic N) is 1. The van der Waals surface area contributed by atoms with Gasteiger partial charge in [0.2, 0.25) is 5.91 Å². The first-order valence-electron chi connectivity index (χ1n) is 11.4. The fourth-order valence-corrected chi connectivity index (χ4v) is 3.46. The second-order valence-electron chi connectivity index (χ2n) is 9.67. The average Bonchev–Trinajstić information content (AvgIpc) is 2.76. The Kier molecular flexibility index (Phi) is 9.30. The van der Waals surface area contributed by atoms with E-state index in [1.165, 1.54) is 0 Å². The molecule has 2 rings (SSSR count). The van der Waals surface area contributed by atoms with E-state index in [-0.39, 0.29) is 23.8 Å². The Morgan fingerprint density at radius 1 is 0.969 bits per heavy atom. The Hall–Kier alpha value is -2.82. The number of carbonyl (C=O) groups excluding carboxylic acids is 2. The molecule has 1 unspecified atom stereocenters. The zero-order valence-corrected chi connectivity index (χ0v) is 20.4. The van der Waals surface area contributed by atoms with E-state index in [0.29, 0.717) is 31.2 Å². The first-order chi connectivity index (χ1) is 15.1. The Balaban J connectivity index is 2.13. The molecule has 0 aliphatic heterocycles. The van der Waals surface area contributed by atoms with Gasteiger partial charge in [-0.25, -0.2) is 0 Å². The van der Waals surface area contributed by atoms with Crippen LogP contribution in [0.4, 0.5) is 0 Å². The molecule has 0 aliphatic carbocycles. The van der Waals surface area contributed by atoms with Crippen LogP contribution in [0.5, 0.6) is 5.75 Å². The van der Waals surface area contributed by atoms with E-state index < -0.39 is 6.04 Å². The van der Waals surface area contributed by atoms with Gasteiger partial charge in [0.05, 0.1) is 0 Å². The zero-order chi connectivity index (χ0) is 23.7. The van der Waals surface area contributed by atoms with Crippen LogP contribution in [0, 0.1) is 5.92 Å². The quantitative estimate of drug-likeness (QED) is 0.590. The van der Waals surface area contributed by atoms with Gasteiger partial charge in [-0.3, -0.25) is 9.59 Å². The molecule has 0 heterocycles. The molecule has 32 heavy (non-hydrogen) atoms. The van der Waals surface area contributed by atoms with Crippen molar-refractivity contribution in [3.63, 3.8) is 0 Å². The van der Waals surface area contributed by atoms with Crippen molar-refractivity contribution in [3.05, 3.63) is 65.7 Å². The van der Waals surface area contributed by atoms with E-state index in [9.17, 15) is 9.59 Å². The van der Waals surface area contributed by atoms with E-state index in [1.54, 1.807) is 11.8 Å². The van der Waals surface area contributed by atoms with Crippen LogP contribution in [0.1, 0.15) is 52.7 Å². The summed E-state index contributed by atoms with van der Waals surface area (Å²) in [6.45, 7) is 13.1. The normalized spacial score (nSPS) is 12.3. The van der Waals surface area contributed by atoms with E-state index in [4.69, 9.17) is 4.74 Å². The Morgan fingerprint density at radius 2 is 1.59 bits per heavy atom. The van der Waals surface area contributed by atoms with Crippen LogP contribution in [0.3, 0.4) is 0 Å². The molecule has 5 nitrogen and oxygen atoms in total. The molecule has 0 radical (unpaired) electrons. The molecule has 0 bridgehead atoms. The standard InChI is InChI=1S/C27H38N2O3/c1-20(2)18-28-26(31)21(3)29(17-16-22-12-8-7-9-13-22)25(30)19-32-24-15-11-10-14-23(24)27(4,5)6/h7-15,20-21H,16-19H2,1-6H3,(H,28,31). The summed E-state index contributed by atoms with van der Waals surface area (Å²) < 4.78 is 5.96. The highest BCUT2D eigenvalue weighted by molar-refractivity contribution is 5.88. The number of hydrogen-bond acceptors (Lipinski definition) is 3. The molecule has 2 aromatic rings. The third-order valence-corrected chi connectivity index (χ3v) is 5.38. The number of benzene rings is 2. The summed E-state index contributed by atoms with van der Waals surface area (Å²) in [5.41, 5.74) is 2.07. The Morgan fingerprint density at radius 3 is 2.22 bits per heavy atom. The number of carbonyl (C=O) groups is 2. The van der Waals surface area contributed by atoms with Crippen molar-refractivity contribution in [2.45, 2.75) is 59.4 Å². The molecule has 5 heteroatoms. The summed E-state index contributed by atoms with van der Waals surface area (Å²) in [5, 5.41) is 2.94. The molecule has 174 valence electrons. The van der Waals surface area contributed by atoms with Crippen LogP contribution >= 0.6 is 0 Å². The van der Waals surface area contributed by atoms with Gasteiger partial charge in [-0.05, 0) is 41.9 Å². The monoisotopic (exact) mass is 438 g/mol. The minimum Gasteiger partial charge on any atom is -0.483 e. The first kappa shape index (κ1) is 25.4. The van der Waals surface area contributed by atoms with Crippen LogP contribution < -0.4 is 10.1 Å². The van der Waals surface area contributed by atoms with Crippen LogP contribution in [0.15, 0.2) is 54.6 Å². The molecular weight excluding hydrogens is 400 g/mol. The lowest BCUT2D eigenvalue weighted by Crippen LogP contribution is -2.50. The summed E-state index contributed by atoms with van der Waals surface area (Å²) in [5.74, 6) is 0.706. The van der Waals surface area contributed by atoms with E-state index >= 15 is 0 Å². The van der Waals surface area contributed by atoms with Gasteiger partial charge in [0.25, 0.3) is 5.91 Å². The Bertz CT molecular complexity index is 872. The number of ether oxygens (including phenoxy) is 1. The van der Waals surface area contributed by atoms with Crippen molar-refractivity contribution in [2.75, 3.05) is 19.7 Å². The molecular formula is C27H38N2O3. The van der Waals surface area contributed by atoms with Crippen molar-refractivity contribution in [2.24, 2.45) is 5.92 Å². The predicted octanol–water partition coefficient (Wildman–Crippen LogP) is 4.59. The third kappa shape index (κ3) is 7.70. The maximum Gasteiger partial charge on any atom is 0.261 e. The van der Waals surface area contributed by atoms with Gasteiger partial charge in [-0.1, -0.05) is 83.1 Å². The molecule has 2 amide bonds. The van der Waals surface area contributed by atoms with Gasteiger partial charge in [-0.2, -0.15) is 0 Å². The van der Waals surface area contributed by atoms with E-state index in [2.05, 4.69) is 26.1 Å². The van der Waals surface area contributed by atoms with Gasteiger partial charge in [0.15, 0.2) is 6.61 Å². The van der Waals surface area contributed by atoms with Crippen molar-refractivity contribution >= 4 is 11.8 Å². The van der Waals surface area contributed by atoms with Crippen molar-refractivity contribution < 1.29 is 14.3 Å². The van der Waals surface area contributed by atoms with Crippen LogP contribution in [-0.2, 0) is 21.4 Å². The molecule has 0 aliphatic rings. The van der Waals surface area contributed by atoms with Gasteiger partial charge < -0.3 is 15.0 Å². The number of hydrogen-bond donors (Lipinski definition) is 1. The summed E-state index contributed by atoms with van der Waals surface area (Å²) in [6.07, 6.45) is 0.674. The SMILES string of the molecule is CC(C)CNC(=O)C(C)N(CCc1ccccc1)C(=O)COc1ccccc1C(C)(C)C. The fourth-order valence-electron chi connectivity index (χ4n) is 3.46. The molecule has 0 spiro atoms. The van der Waals surface area contributed by atoms with Gasteiger partial charge in [0, 0.05) is 13.1 Å². The van der Waals surface area contributed by atoms with Crippen molar-refractivity contribution in [3.8, 4) is 5.75 Å². The van der Waals surface area contributed by atoms with Crippen LogP contribution in [0.2, 0.25) is 0 Å². The number of nitrogens with one attached hydrogen (secondary N) is 1. The first-order valence-corrected chi connectivity index (χ1v) is 11.4. The Labute approximate surface area is 193 Å². The van der Waals surface area contributed by atoms with Gasteiger partial charge in [0.1, 0.15) is 11.8 Å². The molecule has 0 aromatic heterocycles. The molecule has 1 N–H and O–H groups in total. The molecule has 0 fully saturated rings. The number of amides is 2. The number of rotatable bonds is 10. The number of para-hydroxylation sites is 1. The lowest BCUT2D eigenvalue weighted by atomic mass is 9.86. The average molecular weight is 439 g/mol. The fraction of sp³-hybridized carbons (Fsp3) is 0.481. The summed E-state index contributed by atoms with van der Waals surface area (Å²) in [4.78, 5) is 27.5. The summed E-state index contributed by atoms with van der Waals surface area (Å²) in [7, 11) is 0. The predicted molar refractivity (Wildman–Crippen MR) is 130 cm³/mol. The van der Waals surface area contributed by atoms with Crippen molar-refractivity contribution in [1.82, 2.24) is 10.2 Å². The van der Waals surface area contributed by atoms with Crippen molar-refractivity contribution in [1.29, 1.82) is 0 Å². The minimum absolute atomic E-state index is 0.101. The van der Waals surface area contributed by atoms with Gasteiger partial charge in [-0.15, -0.1) is 0 Å². The minimum atomic E-state index is -0.577. The third-order valence-electron chi connectivity index (χ3n) is 5.38. The molecule has 1 atom stereocenters. The second kappa shape index (κ2) is 11.7. The smallest absolute Gasteiger partial charge is 0.261 e. The highest BCUT2D eigenvalue weighted by Gasteiger charge is 2.27. The second-order valence-corrected chi connectivity index (χ2v) is 9.67. The molecule has 2 aromatic carbocycles. The topological polar surface area (TPSA) is 58.6 Å². The van der Waals surface area contributed by atoms with Crippen LogP contribution in [0.25, 0.3) is 0 Å². The van der Waals surface area contributed by atoms with E-state index in [1.807, 2.05) is 68.4 Å². The van der Waals surface area contributed by atoms with Gasteiger partial charge >= 0.3 is 0 Å². The highest BCUT2D eigenvalue weighted by atomic mass is 16.5. The molecule has 0 saturated heterocycles. The molecule has 0 saturated carbocycles.